The number of benzene rings is 6. The van der Waals surface area contributed by atoms with Gasteiger partial charge in [-0.2, -0.15) is 16.8 Å². The number of amides is 4. The number of fused-ring (bicyclic) bond motifs is 2. The van der Waals surface area contributed by atoms with E-state index in [-0.39, 0.29) is 33.3 Å². The number of carbonyl (C=O) groups excluding carboxylic acids is 3. The van der Waals surface area contributed by atoms with E-state index < -0.39 is 70.7 Å². The Morgan fingerprint density at radius 1 is 0.519 bits per heavy atom. The molecule has 0 aliphatic carbocycles. The number of phenolic OH excluding ortho intramolecular Hbond substituents is 2. The van der Waals surface area contributed by atoms with Crippen molar-refractivity contribution in [2.45, 2.75) is 23.6 Å². The highest BCUT2D eigenvalue weighted by molar-refractivity contribution is 7.86. The Morgan fingerprint density at radius 3 is 1.26 bits per heavy atom. The number of carbonyl (C=O) groups is 3. The topological polar surface area (TPSA) is 249 Å². The lowest BCUT2D eigenvalue weighted by Gasteiger charge is -2.16. The minimum atomic E-state index is -4.89. The molecule has 0 fully saturated rings. The summed E-state index contributed by atoms with van der Waals surface area (Å²) in [6.45, 7) is 3.16. The van der Waals surface area contributed by atoms with Gasteiger partial charge in [-0.1, -0.05) is 60.7 Å². The summed E-state index contributed by atoms with van der Waals surface area (Å²) in [5.41, 5.74) is -0.0470. The van der Waals surface area contributed by atoms with Crippen LogP contribution < -0.4 is 21.3 Å². The Bertz CT molecular complexity index is 2600. The molecule has 0 heterocycles. The van der Waals surface area contributed by atoms with Gasteiger partial charge in [-0.3, -0.25) is 18.7 Å². The zero-order valence-corrected chi connectivity index (χ0v) is 29.8. The second-order valence-electron chi connectivity index (χ2n) is 12.1. The molecule has 6 aromatic carbocycles. The van der Waals surface area contributed by atoms with Crippen LogP contribution in [0, 0.1) is 13.8 Å². The van der Waals surface area contributed by atoms with Crippen LogP contribution in [0.2, 0.25) is 0 Å². The molecule has 8 N–H and O–H groups in total. The Kier molecular flexibility index (Phi) is 9.74. The van der Waals surface area contributed by atoms with Crippen LogP contribution in [0.5, 0.6) is 11.5 Å². The molecule has 17 heteroatoms. The van der Waals surface area contributed by atoms with Crippen LogP contribution in [-0.2, 0) is 20.2 Å². The summed E-state index contributed by atoms with van der Waals surface area (Å²) in [4.78, 5) is 38.5. The van der Waals surface area contributed by atoms with Crippen molar-refractivity contribution in [1.82, 2.24) is 0 Å². The van der Waals surface area contributed by atoms with E-state index in [2.05, 4.69) is 21.3 Å². The molecule has 276 valence electrons. The Morgan fingerprint density at radius 2 is 0.889 bits per heavy atom. The van der Waals surface area contributed by atoms with E-state index in [9.17, 15) is 50.5 Å². The molecule has 0 aromatic heterocycles. The molecule has 0 bridgehead atoms. The summed E-state index contributed by atoms with van der Waals surface area (Å²) in [6, 6.07) is 22.4. The average molecular weight is 771 g/mol. The molecule has 0 atom stereocenters. The van der Waals surface area contributed by atoms with Crippen LogP contribution in [-0.4, -0.2) is 54.0 Å². The minimum absolute atomic E-state index is 0.0165. The predicted octanol–water partition coefficient (Wildman–Crippen LogP) is 6.66. The van der Waals surface area contributed by atoms with E-state index in [1.54, 1.807) is 38.1 Å². The quantitative estimate of drug-likeness (QED) is 0.0600. The summed E-state index contributed by atoms with van der Waals surface area (Å²) in [5, 5.41) is 32.6. The van der Waals surface area contributed by atoms with Gasteiger partial charge in [0, 0.05) is 33.3 Å². The smallest absolute Gasteiger partial charge is 0.323 e. The fourth-order valence-electron chi connectivity index (χ4n) is 5.80. The van der Waals surface area contributed by atoms with Crippen molar-refractivity contribution in [2.24, 2.45) is 0 Å². The van der Waals surface area contributed by atoms with Gasteiger partial charge in [0.05, 0.1) is 0 Å². The normalized spacial score (nSPS) is 11.6. The van der Waals surface area contributed by atoms with Crippen molar-refractivity contribution in [3.63, 3.8) is 0 Å². The lowest BCUT2D eigenvalue weighted by atomic mass is 10.1. The summed E-state index contributed by atoms with van der Waals surface area (Å²) in [7, 11) is -9.79. The van der Waals surface area contributed by atoms with Gasteiger partial charge >= 0.3 is 6.03 Å². The monoisotopic (exact) mass is 770 g/mol. The predicted molar refractivity (Wildman–Crippen MR) is 202 cm³/mol. The van der Waals surface area contributed by atoms with Crippen molar-refractivity contribution in [1.29, 1.82) is 0 Å². The zero-order valence-electron chi connectivity index (χ0n) is 28.2. The average Bonchev–Trinajstić information content (AvgIpc) is 3.11. The van der Waals surface area contributed by atoms with Crippen molar-refractivity contribution in [3.05, 3.63) is 119 Å². The molecule has 0 saturated carbocycles. The molecular formula is C37H30N4O11S2. The Balaban J connectivity index is 1.22. The molecule has 6 rings (SSSR count). The molecule has 0 unspecified atom stereocenters. The van der Waals surface area contributed by atoms with Gasteiger partial charge in [0.1, 0.15) is 32.7 Å². The summed E-state index contributed by atoms with van der Waals surface area (Å²) < 4.78 is 68.5. The van der Waals surface area contributed by atoms with Gasteiger partial charge in [-0.05, 0) is 72.1 Å². The molecule has 0 aliphatic rings. The third-order valence-corrected chi connectivity index (χ3v) is 10.2. The Labute approximate surface area is 307 Å². The molecule has 0 saturated heterocycles. The second kappa shape index (κ2) is 14.1. The fraction of sp³-hybridized carbons (Fsp3) is 0.0541. The van der Waals surface area contributed by atoms with E-state index in [1.807, 2.05) is 0 Å². The van der Waals surface area contributed by atoms with Crippen LogP contribution in [0.25, 0.3) is 21.5 Å². The van der Waals surface area contributed by atoms with Crippen LogP contribution in [0.3, 0.4) is 0 Å². The third kappa shape index (κ3) is 7.50. The van der Waals surface area contributed by atoms with Crippen molar-refractivity contribution in [2.75, 3.05) is 21.3 Å². The number of hydrogen-bond donors (Lipinski definition) is 8. The van der Waals surface area contributed by atoms with E-state index in [1.165, 1.54) is 60.7 Å². The van der Waals surface area contributed by atoms with Crippen molar-refractivity contribution in [3.8, 4) is 11.5 Å². The van der Waals surface area contributed by atoms with Crippen LogP contribution >= 0.6 is 0 Å². The number of aromatic hydroxyl groups is 2. The maximum absolute atomic E-state index is 13.4. The number of phenols is 2. The molecule has 15 nitrogen and oxygen atoms in total. The number of anilines is 4. The molecule has 6 aromatic rings. The van der Waals surface area contributed by atoms with E-state index in [0.29, 0.717) is 21.9 Å². The van der Waals surface area contributed by atoms with Gasteiger partial charge in [0.15, 0.2) is 0 Å². The maximum atomic E-state index is 13.4. The molecule has 54 heavy (non-hydrogen) atoms. The first-order valence-electron chi connectivity index (χ1n) is 15.8. The van der Waals surface area contributed by atoms with Gasteiger partial charge in [-0.25, -0.2) is 4.79 Å². The lowest BCUT2D eigenvalue weighted by Crippen LogP contribution is -2.21. The summed E-state index contributed by atoms with van der Waals surface area (Å²) in [6.07, 6.45) is 0. The molecule has 4 amide bonds. The number of aryl methyl sites for hydroxylation is 2. The summed E-state index contributed by atoms with van der Waals surface area (Å²) >= 11 is 0. The number of rotatable bonds is 8. The molecule has 0 spiro atoms. The van der Waals surface area contributed by atoms with Gasteiger partial charge in [0.2, 0.25) is 0 Å². The number of urea groups is 1. The van der Waals surface area contributed by atoms with Gasteiger partial charge in [-0.15, -0.1) is 0 Å². The highest BCUT2D eigenvalue weighted by Crippen LogP contribution is 2.40. The number of nitrogens with one attached hydrogen (secondary N) is 4. The van der Waals surface area contributed by atoms with E-state index in [0.717, 1.165) is 12.1 Å². The molecular weight excluding hydrogens is 741 g/mol. The van der Waals surface area contributed by atoms with Crippen molar-refractivity contribution >= 4 is 82.4 Å². The first kappa shape index (κ1) is 37.2. The lowest BCUT2D eigenvalue weighted by molar-refractivity contribution is 0.101. The van der Waals surface area contributed by atoms with E-state index in [4.69, 9.17) is 0 Å². The van der Waals surface area contributed by atoms with Crippen LogP contribution in [0.15, 0.2) is 107 Å². The first-order valence-corrected chi connectivity index (χ1v) is 18.7. The SMILES string of the molecule is Cc1ccc(NC(=O)Nc2ccc(C)c(C(=O)Nc3c(S(=O)(=O)O)cc4ccccc4c3O)c2)cc1C(=O)Nc1c(S(=O)(=O)O)cc2ccccc2c1O. The maximum Gasteiger partial charge on any atom is 0.323 e. The zero-order chi connectivity index (χ0) is 39.1. The Hall–Kier alpha value is -6.53. The summed E-state index contributed by atoms with van der Waals surface area (Å²) in [5.74, 6) is -2.90. The number of hydrogen-bond acceptors (Lipinski definition) is 9. The fourth-order valence-corrected chi connectivity index (χ4v) is 7.16. The van der Waals surface area contributed by atoms with E-state index >= 15 is 0 Å². The van der Waals surface area contributed by atoms with Gasteiger partial charge in [0.25, 0.3) is 32.1 Å². The van der Waals surface area contributed by atoms with Crippen LogP contribution in [0.1, 0.15) is 31.8 Å². The molecule has 0 aliphatic heterocycles. The van der Waals surface area contributed by atoms with Crippen LogP contribution in [0.4, 0.5) is 27.5 Å². The first-order chi connectivity index (χ1) is 25.4. The highest BCUT2D eigenvalue weighted by atomic mass is 32.2. The van der Waals surface area contributed by atoms with Gasteiger partial charge < -0.3 is 31.5 Å². The highest BCUT2D eigenvalue weighted by Gasteiger charge is 2.26. The third-order valence-electron chi connectivity index (χ3n) is 8.48. The van der Waals surface area contributed by atoms with Crippen molar-refractivity contribution < 1.29 is 50.5 Å². The largest absolute Gasteiger partial charge is 0.505 e. The second-order valence-corrected chi connectivity index (χ2v) is 14.9. The molecule has 0 radical (unpaired) electrons. The minimum Gasteiger partial charge on any atom is -0.505 e. The standard InChI is InChI=1S/C37H30N4O11S2/c1-19-11-13-23(17-27(19)35(44)40-31-29(53(47,48)49)15-21-7-3-5-9-25(21)33(31)42)38-37(46)39-24-14-12-20(2)28(18-24)36(45)41-32-30(54(50,51)52)16-22-8-4-6-10-26(22)34(32)43/h3-18,42-43H,1-2H3,(H,40,44)(H,41,45)(H2,38,39,46)(H,47,48,49)(H,50,51,52).